The van der Waals surface area contributed by atoms with Crippen molar-refractivity contribution in [2.45, 2.75) is 52.9 Å². The zero-order valence-corrected chi connectivity index (χ0v) is 13.0. The lowest BCUT2D eigenvalue weighted by atomic mass is 9.80. The first-order chi connectivity index (χ1) is 9.69. The van der Waals surface area contributed by atoms with E-state index in [0.29, 0.717) is 18.4 Å². The second kappa shape index (κ2) is 7.46. The Hall–Kier alpha value is -1.32. The molecule has 1 aromatic heterocycles. The molecule has 2 unspecified atom stereocenters. The van der Waals surface area contributed by atoms with Gasteiger partial charge in [-0.05, 0) is 31.6 Å². The second-order valence-electron chi connectivity index (χ2n) is 5.92. The maximum Gasteiger partial charge on any atom is 0.226 e. The van der Waals surface area contributed by atoms with Crippen LogP contribution in [0, 0.1) is 18.8 Å². The number of aromatic nitrogens is 2. The molecule has 0 radical (unpaired) electrons. The van der Waals surface area contributed by atoms with Crippen molar-refractivity contribution < 1.29 is 4.74 Å². The van der Waals surface area contributed by atoms with Gasteiger partial charge in [0.1, 0.15) is 0 Å². The van der Waals surface area contributed by atoms with Crippen LogP contribution in [0.15, 0.2) is 6.07 Å². The van der Waals surface area contributed by atoms with Gasteiger partial charge in [-0.15, -0.1) is 0 Å². The number of rotatable bonds is 6. The first kappa shape index (κ1) is 15.1. The molecule has 0 amide bonds. The van der Waals surface area contributed by atoms with Crippen LogP contribution in [-0.2, 0) is 0 Å². The Kier molecular flexibility index (Phi) is 5.62. The molecule has 1 saturated carbocycles. The fourth-order valence-corrected chi connectivity index (χ4v) is 2.82. The van der Waals surface area contributed by atoms with Crippen LogP contribution in [0.25, 0.3) is 0 Å². The molecule has 0 spiro atoms. The predicted molar refractivity (Wildman–Crippen MR) is 82.2 cm³/mol. The summed E-state index contributed by atoms with van der Waals surface area (Å²) >= 11 is 0. The minimum atomic E-state index is 0.679. The molecule has 1 aliphatic rings. The third-order valence-corrected chi connectivity index (χ3v) is 4.10. The average Bonchev–Trinajstić information content (AvgIpc) is 2.44. The highest BCUT2D eigenvalue weighted by Crippen LogP contribution is 2.29. The van der Waals surface area contributed by atoms with Crippen molar-refractivity contribution in [3.8, 4) is 5.88 Å². The Labute approximate surface area is 122 Å². The lowest BCUT2D eigenvalue weighted by Gasteiger charge is -2.28. The molecule has 4 heteroatoms. The average molecular weight is 277 g/mol. The Bertz CT molecular complexity index is 422. The molecule has 0 bridgehead atoms. The van der Waals surface area contributed by atoms with E-state index in [4.69, 9.17) is 4.74 Å². The molecule has 2 atom stereocenters. The highest BCUT2D eigenvalue weighted by Gasteiger charge is 2.21. The highest BCUT2D eigenvalue weighted by molar-refractivity contribution is 5.30. The van der Waals surface area contributed by atoms with Crippen LogP contribution < -0.4 is 10.1 Å². The van der Waals surface area contributed by atoms with Gasteiger partial charge < -0.3 is 10.1 Å². The van der Waals surface area contributed by atoms with Crippen molar-refractivity contribution in [3.05, 3.63) is 11.8 Å². The number of hydrogen-bond donors (Lipinski definition) is 1. The minimum Gasteiger partial charge on any atom is -0.478 e. The standard InChI is InChI=1S/C16H27N3O/c1-4-9-20-15-10-13(3)18-16(19-15)17-11-14-8-6-5-7-12(14)2/h10,12,14H,4-9,11H2,1-3H3,(H,17,18,19). The number of nitrogens with one attached hydrogen (secondary N) is 1. The molecular weight excluding hydrogens is 250 g/mol. The molecule has 1 N–H and O–H groups in total. The van der Waals surface area contributed by atoms with Crippen LogP contribution in [0.3, 0.4) is 0 Å². The van der Waals surface area contributed by atoms with Crippen molar-refractivity contribution in [2.75, 3.05) is 18.5 Å². The minimum absolute atomic E-state index is 0.679. The van der Waals surface area contributed by atoms with Crippen LogP contribution in [0.4, 0.5) is 5.95 Å². The molecule has 0 aromatic carbocycles. The Morgan fingerprint density at radius 1 is 1.30 bits per heavy atom. The summed E-state index contributed by atoms with van der Waals surface area (Å²) in [5.74, 6) is 2.93. The van der Waals surface area contributed by atoms with Crippen molar-refractivity contribution in [3.63, 3.8) is 0 Å². The zero-order chi connectivity index (χ0) is 14.4. The molecule has 0 saturated heterocycles. The van der Waals surface area contributed by atoms with E-state index >= 15 is 0 Å². The van der Waals surface area contributed by atoms with Gasteiger partial charge in [0.05, 0.1) is 6.61 Å². The van der Waals surface area contributed by atoms with E-state index in [-0.39, 0.29) is 0 Å². The van der Waals surface area contributed by atoms with Crippen LogP contribution in [-0.4, -0.2) is 23.1 Å². The summed E-state index contributed by atoms with van der Waals surface area (Å²) in [5.41, 5.74) is 0.949. The van der Waals surface area contributed by atoms with E-state index < -0.39 is 0 Å². The predicted octanol–water partition coefficient (Wildman–Crippen LogP) is 3.81. The van der Waals surface area contributed by atoms with Crippen LogP contribution >= 0.6 is 0 Å². The Balaban J connectivity index is 1.92. The summed E-state index contributed by atoms with van der Waals surface area (Å²) in [6.07, 6.45) is 6.40. The van der Waals surface area contributed by atoms with E-state index in [0.717, 1.165) is 30.5 Å². The van der Waals surface area contributed by atoms with E-state index in [1.165, 1.54) is 25.7 Å². The van der Waals surface area contributed by atoms with E-state index in [9.17, 15) is 0 Å². The van der Waals surface area contributed by atoms with Crippen molar-refractivity contribution in [1.82, 2.24) is 9.97 Å². The smallest absolute Gasteiger partial charge is 0.226 e. The first-order valence-corrected chi connectivity index (χ1v) is 7.91. The Morgan fingerprint density at radius 2 is 2.10 bits per heavy atom. The Morgan fingerprint density at radius 3 is 2.85 bits per heavy atom. The fourth-order valence-electron chi connectivity index (χ4n) is 2.82. The van der Waals surface area contributed by atoms with Gasteiger partial charge >= 0.3 is 0 Å². The van der Waals surface area contributed by atoms with Gasteiger partial charge in [-0.2, -0.15) is 4.98 Å². The molecule has 1 aliphatic carbocycles. The van der Waals surface area contributed by atoms with Crippen LogP contribution in [0.1, 0.15) is 51.6 Å². The molecule has 1 aromatic rings. The van der Waals surface area contributed by atoms with E-state index in [2.05, 4.69) is 29.1 Å². The molecule has 0 aliphatic heterocycles. The molecule has 1 fully saturated rings. The van der Waals surface area contributed by atoms with Crippen molar-refractivity contribution in [2.24, 2.45) is 11.8 Å². The van der Waals surface area contributed by atoms with E-state index in [1.54, 1.807) is 0 Å². The molecule has 2 rings (SSSR count). The number of aryl methyl sites for hydroxylation is 1. The van der Waals surface area contributed by atoms with Crippen LogP contribution in [0.2, 0.25) is 0 Å². The third-order valence-electron chi connectivity index (χ3n) is 4.10. The summed E-state index contributed by atoms with van der Waals surface area (Å²) < 4.78 is 5.60. The quantitative estimate of drug-likeness (QED) is 0.859. The highest BCUT2D eigenvalue weighted by atomic mass is 16.5. The summed E-state index contributed by atoms with van der Waals surface area (Å²) in [6.45, 7) is 8.11. The zero-order valence-electron chi connectivity index (χ0n) is 13.0. The molecular formula is C16H27N3O. The fraction of sp³-hybridized carbons (Fsp3) is 0.750. The maximum absolute atomic E-state index is 5.60. The monoisotopic (exact) mass is 277 g/mol. The van der Waals surface area contributed by atoms with Crippen LogP contribution in [0.5, 0.6) is 5.88 Å². The largest absolute Gasteiger partial charge is 0.478 e. The van der Waals surface area contributed by atoms with Gasteiger partial charge in [-0.3, -0.25) is 0 Å². The van der Waals surface area contributed by atoms with Gasteiger partial charge in [-0.1, -0.05) is 33.1 Å². The van der Waals surface area contributed by atoms with Gasteiger partial charge in [-0.25, -0.2) is 4.98 Å². The normalized spacial score (nSPS) is 22.6. The molecule has 20 heavy (non-hydrogen) atoms. The second-order valence-corrected chi connectivity index (χ2v) is 5.92. The van der Waals surface area contributed by atoms with Gasteiger partial charge in [0, 0.05) is 18.3 Å². The lowest BCUT2D eigenvalue weighted by molar-refractivity contribution is 0.268. The van der Waals surface area contributed by atoms with Gasteiger partial charge in [0.2, 0.25) is 11.8 Å². The summed E-state index contributed by atoms with van der Waals surface area (Å²) in [5, 5.41) is 3.40. The number of nitrogens with zero attached hydrogens (tertiary/aromatic N) is 2. The molecule has 112 valence electrons. The number of hydrogen-bond acceptors (Lipinski definition) is 4. The summed E-state index contributed by atoms with van der Waals surface area (Å²) in [6, 6.07) is 1.89. The van der Waals surface area contributed by atoms with Crippen molar-refractivity contribution in [1.29, 1.82) is 0 Å². The number of anilines is 1. The summed E-state index contributed by atoms with van der Waals surface area (Å²) in [7, 11) is 0. The van der Waals surface area contributed by atoms with E-state index in [1.807, 2.05) is 13.0 Å². The molecule has 1 heterocycles. The first-order valence-electron chi connectivity index (χ1n) is 7.91. The number of ether oxygens (including phenoxy) is 1. The van der Waals surface area contributed by atoms with Gasteiger partial charge in [0.15, 0.2) is 0 Å². The van der Waals surface area contributed by atoms with Gasteiger partial charge in [0.25, 0.3) is 0 Å². The summed E-state index contributed by atoms with van der Waals surface area (Å²) in [4.78, 5) is 8.89. The lowest BCUT2D eigenvalue weighted by Crippen LogP contribution is -2.25. The maximum atomic E-state index is 5.60. The SMILES string of the molecule is CCCOc1cc(C)nc(NCC2CCCCC2C)n1. The topological polar surface area (TPSA) is 47.0 Å². The third kappa shape index (κ3) is 4.36. The van der Waals surface area contributed by atoms with Crippen molar-refractivity contribution >= 4 is 5.95 Å². The molecule has 4 nitrogen and oxygen atoms in total.